The lowest BCUT2D eigenvalue weighted by Crippen LogP contribution is -1.99. The summed E-state index contributed by atoms with van der Waals surface area (Å²) in [6.45, 7) is 0.438. The van der Waals surface area contributed by atoms with Crippen LogP contribution in [0.3, 0.4) is 0 Å². The van der Waals surface area contributed by atoms with Gasteiger partial charge in [0.05, 0.1) is 14.2 Å². The predicted octanol–water partition coefficient (Wildman–Crippen LogP) is 3.02. The highest BCUT2D eigenvalue weighted by Gasteiger charge is 2.06. The lowest BCUT2D eigenvalue weighted by molar-refractivity contribution is -0.107. The number of ether oxygens (including phenoxy) is 3. The minimum absolute atomic E-state index is 0.370. The molecule has 0 unspecified atom stereocenters. The van der Waals surface area contributed by atoms with E-state index >= 15 is 0 Å². The van der Waals surface area contributed by atoms with Crippen LogP contribution < -0.4 is 14.2 Å². The van der Waals surface area contributed by atoms with Gasteiger partial charge in [-0.25, -0.2) is 0 Å². The number of carbonyl (C=O) groups is 1. The fourth-order valence-corrected chi connectivity index (χ4v) is 1.94. The standard InChI is InChI=1S/C17H18O4/c1-19-15-6-3-14(4-7-15)12-21-16-8-5-13(9-10-18)11-17(16)20-2/h3-8,10-11H,9,12H2,1-2H3. The molecule has 0 saturated carbocycles. The summed E-state index contributed by atoms with van der Waals surface area (Å²) in [4.78, 5) is 10.5. The Morgan fingerprint density at radius 1 is 0.905 bits per heavy atom. The number of hydrogen-bond donors (Lipinski definition) is 0. The van der Waals surface area contributed by atoms with Crippen molar-refractivity contribution in [1.82, 2.24) is 0 Å². The van der Waals surface area contributed by atoms with Crippen LogP contribution in [0.4, 0.5) is 0 Å². The summed E-state index contributed by atoms with van der Waals surface area (Å²) in [5.74, 6) is 2.10. The molecule has 0 radical (unpaired) electrons. The van der Waals surface area contributed by atoms with Crippen LogP contribution in [0.15, 0.2) is 42.5 Å². The van der Waals surface area contributed by atoms with E-state index in [4.69, 9.17) is 14.2 Å². The van der Waals surface area contributed by atoms with Crippen molar-refractivity contribution in [2.24, 2.45) is 0 Å². The van der Waals surface area contributed by atoms with Gasteiger partial charge in [-0.3, -0.25) is 0 Å². The molecule has 21 heavy (non-hydrogen) atoms. The highest BCUT2D eigenvalue weighted by molar-refractivity contribution is 5.56. The zero-order valence-corrected chi connectivity index (χ0v) is 12.2. The summed E-state index contributed by atoms with van der Waals surface area (Å²) in [5, 5.41) is 0. The Morgan fingerprint density at radius 3 is 2.24 bits per heavy atom. The van der Waals surface area contributed by atoms with Crippen molar-refractivity contribution >= 4 is 6.29 Å². The van der Waals surface area contributed by atoms with Crippen molar-refractivity contribution in [2.75, 3.05) is 14.2 Å². The lowest BCUT2D eigenvalue weighted by atomic mass is 10.1. The maximum absolute atomic E-state index is 10.5. The fourth-order valence-electron chi connectivity index (χ4n) is 1.94. The Morgan fingerprint density at radius 2 is 1.62 bits per heavy atom. The molecule has 0 aliphatic carbocycles. The summed E-state index contributed by atoms with van der Waals surface area (Å²) in [5.41, 5.74) is 1.94. The molecule has 0 saturated heterocycles. The molecule has 110 valence electrons. The van der Waals surface area contributed by atoms with Crippen LogP contribution >= 0.6 is 0 Å². The summed E-state index contributed by atoms with van der Waals surface area (Å²) < 4.78 is 16.2. The Bertz CT molecular complexity index is 590. The smallest absolute Gasteiger partial charge is 0.161 e. The van der Waals surface area contributed by atoms with Gasteiger partial charge in [0.15, 0.2) is 11.5 Å². The Hall–Kier alpha value is -2.49. The molecule has 0 atom stereocenters. The van der Waals surface area contributed by atoms with E-state index in [-0.39, 0.29) is 0 Å². The summed E-state index contributed by atoms with van der Waals surface area (Å²) in [7, 11) is 3.22. The third-order valence-electron chi connectivity index (χ3n) is 3.10. The van der Waals surface area contributed by atoms with E-state index < -0.39 is 0 Å². The van der Waals surface area contributed by atoms with Gasteiger partial charge in [0.1, 0.15) is 18.6 Å². The molecule has 4 heteroatoms. The average molecular weight is 286 g/mol. The van der Waals surface area contributed by atoms with Crippen molar-refractivity contribution in [3.63, 3.8) is 0 Å². The van der Waals surface area contributed by atoms with Gasteiger partial charge >= 0.3 is 0 Å². The monoisotopic (exact) mass is 286 g/mol. The SMILES string of the molecule is COc1ccc(COc2ccc(CC=O)cc2OC)cc1. The second kappa shape index (κ2) is 7.33. The molecule has 0 spiro atoms. The topological polar surface area (TPSA) is 44.8 Å². The van der Waals surface area contributed by atoms with Gasteiger partial charge < -0.3 is 19.0 Å². The summed E-state index contributed by atoms with van der Waals surface area (Å²) >= 11 is 0. The van der Waals surface area contributed by atoms with Gasteiger partial charge in [-0.05, 0) is 35.4 Å². The van der Waals surface area contributed by atoms with E-state index in [0.717, 1.165) is 23.2 Å². The molecular formula is C17H18O4. The Balaban J connectivity index is 2.06. The van der Waals surface area contributed by atoms with Crippen LogP contribution in [-0.2, 0) is 17.8 Å². The van der Waals surface area contributed by atoms with Gasteiger partial charge in [-0.1, -0.05) is 18.2 Å². The van der Waals surface area contributed by atoms with E-state index in [1.165, 1.54) is 0 Å². The molecule has 0 bridgehead atoms. The average Bonchev–Trinajstić information content (AvgIpc) is 2.54. The first-order valence-electron chi connectivity index (χ1n) is 6.63. The van der Waals surface area contributed by atoms with Crippen molar-refractivity contribution in [3.05, 3.63) is 53.6 Å². The molecule has 0 aromatic heterocycles. The molecule has 0 fully saturated rings. The summed E-state index contributed by atoms with van der Waals surface area (Å²) in [6, 6.07) is 13.2. The van der Waals surface area contributed by atoms with E-state index in [0.29, 0.717) is 24.5 Å². The van der Waals surface area contributed by atoms with Gasteiger partial charge in [0.2, 0.25) is 0 Å². The Labute approximate surface area is 124 Å². The van der Waals surface area contributed by atoms with Crippen molar-refractivity contribution in [3.8, 4) is 17.2 Å². The number of benzene rings is 2. The van der Waals surface area contributed by atoms with Gasteiger partial charge in [-0.2, -0.15) is 0 Å². The number of carbonyl (C=O) groups excluding carboxylic acids is 1. The molecular weight excluding hydrogens is 268 g/mol. The number of hydrogen-bond acceptors (Lipinski definition) is 4. The van der Waals surface area contributed by atoms with Crippen LogP contribution in [0.25, 0.3) is 0 Å². The predicted molar refractivity (Wildman–Crippen MR) is 80.1 cm³/mol. The molecule has 4 nitrogen and oxygen atoms in total. The first kappa shape index (κ1) is 14.9. The zero-order chi connectivity index (χ0) is 15.1. The number of aldehydes is 1. The number of methoxy groups -OCH3 is 2. The highest BCUT2D eigenvalue weighted by atomic mass is 16.5. The first-order chi connectivity index (χ1) is 10.3. The first-order valence-corrected chi connectivity index (χ1v) is 6.63. The molecule has 0 N–H and O–H groups in total. The zero-order valence-electron chi connectivity index (χ0n) is 12.2. The second-order valence-electron chi connectivity index (χ2n) is 4.49. The van der Waals surface area contributed by atoms with Gasteiger partial charge in [0, 0.05) is 6.42 Å². The summed E-state index contributed by atoms with van der Waals surface area (Å²) in [6.07, 6.45) is 1.24. The van der Waals surface area contributed by atoms with E-state index in [1.54, 1.807) is 14.2 Å². The number of rotatable bonds is 7. The minimum atomic E-state index is 0.370. The molecule has 2 aromatic carbocycles. The van der Waals surface area contributed by atoms with E-state index in [2.05, 4.69) is 0 Å². The van der Waals surface area contributed by atoms with Gasteiger partial charge in [0.25, 0.3) is 0 Å². The molecule has 0 aliphatic rings. The van der Waals surface area contributed by atoms with Gasteiger partial charge in [-0.15, -0.1) is 0 Å². The van der Waals surface area contributed by atoms with Crippen LogP contribution in [0.2, 0.25) is 0 Å². The van der Waals surface area contributed by atoms with Crippen LogP contribution in [0.1, 0.15) is 11.1 Å². The maximum Gasteiger partial charge on any atom is 0.161 e. The van der Waals surface area contributed by atoms with Crippen LogP contribution in [-0.4, -0.2) is 20.5 Å². The van der Waals surface area contributed by atoms with Crippen LogP contribution in [0.5, 0.6) is 17.2 Å². The largest absolute Gasteiger partial charge is 0.497 e. The molecule has 0 heterocycles. The second-order valence-corrected chi connectivity index (χ2v) is 4.49. The Kier molecular flexibility index (Phi) is 5.21. The molecule has 0 aliphatic heterocycles. The normalized spacial score (nSPS) is 10.0. The molecule has 2 aromatic rings. The van der Waals surface area contributed by atoms with E-state index in [9.17, 15) is 4.79 Å². The fraction of sp³-hybridized carbons (Fsp3) is 0.235. The van der Waals surface area contributed by atoms with Crippen molar-refractivity contribution in [1.29, 1.82) is 0 Å². The van der Waals surface area contributed by atoms with Crippen molar-refractivity contribution < 1.29 is 19.0 Å². The molecule has 2 rings (SSSR count). The highest BCUT2D eigenvalue weighted by Crippen LogP contribution is 2.29. The molecule has 0 amide bonds. The van der Waals surface area contributed by atoms with Crippen LogP contribution in [0, 0.1) is 0 Å². The quantitative estimate of drug-likeness (QED) is 0.734. The maximum atomic E-state index is 10.5. The lowest BCUT2D eigenvalue weighted by Gasteiger charge is -2.12. The van der Waals surface area contributed by atoms with E-state index in [1.807, 2.05) is 42.5 Å². The third-order valence-corrected chi connectivity index (χ3v) is 3.10. The minimum Gasteiger partial charge on any atom is -0.497 e. The van der Waals surface area contributed by atoms with Crippen molar-refractivity contribution in [2.45, 2.75) is 13.0 Å². The third kappa shape index (κ3) is 3.99.